The van der Waals surface area contributed by atoms with Gasteiger partial charge >= 0.3 is 0 Å². The van der Waals surface area contributed by atoms with Crippen molar-refractivity contribution in [1.29, 1.82) is 0 Å². The van der Waals surface area contributed by atoms with Gasteiger partial charge < -0.3 is 15.1 Å². The predicted octanol–water partition coefficient (Wildman–Crippen LogP) is 1.87. The van der Waals surface area contributed by atoms with Crippen LogP contribution in [-0.2, 0) is 6.42 Å². The Labute approximate surface area is 110 Å². The van der Waals surface area contributed by atoms with Crippen molar-refractivity contribution in [2.45, 2.75) is 25.3 Å². The fourth-order valence-electron chi connectivity index (χ4n) is 3.08. The zero-order chi connectivity index (χ0) is 12.5. The van der Waals surface area contributed by atoms with Crippen molar-refractivity contribution in [2.24, 2.45) is 0 Å². The first-order chi connectivity index (χ1) is 8.74. The number of benzene rings is 1. The molecule has 1 unspecified atom stereocenters. The third-order valence-electron chi connectivity index (χ3n) is 4.28. The summed E-state index contributed by atoms with van der Waals surface area (Å²) in [6.07, 6.45) is 3.83. The van der Waals surface area contributed by atoms with Crippen molar-refractivity contribution >= 4 is 11.4 Å². The van der Waals surface area contributed by atoms with Gasteiger partial charge in [-0.15, -0.1) is 0 Å². The van der Waals surface area contributed by atoms with E-state index in [1.165, 1.54) is 42.7 Å². The molecule has 1 aromatic carbocycles. The van der Waals surface area contributed by atoms with Crippen LogP contribution in [0, 0.1) is 0 Å². The van der Waals surface area contributed by atoms with E-state index in [4.69, 9.17) is 0 Å². The summed E-state index contributed by atoms with van der Waals surface area (Å²) >= 11 is 0. The van der Waals surface area contributed by atoms with Crippen LogP contribution in [0.1, 0.15) is 18.4 Å². The van der Waals surface area contributed by atoms with Gasteiger partial charge in [-0.2, -0.15) is 0 Å². The van der Waals surface area contributed by atoms with E-state index in [2.05, 4.69) is 47.4 Å². The highest BCUT2D eigenvalue weighted by atomic mass is 15.2. The summed E-state index contributed by atoms with van der Waals surface area (Å²) in [6.45, 7) is 3.43. The molecule has 0 aromatic heterocycles. The molecule has 18 heavy (non-hydrogen) atoms. The largest absolute Gasteiger partial charge is 0.371 e. The van der Waals surface area contributed by atoms with E-state index in [9.17, 15) is 0 Å². The average molecular weight is 245 g/mol. The number of nitrogens with zero attached hydrogens (tertiary/aromatic N) is 2. The van der Waals surface area contributed by atoms with Crippen molar-refractivity contribution in [2.75, 3.05) is 43.5 Å². The number of rotatable bonds is 2. The van der Waals surface area contributed by atoms with E-state index in [-0.39, 0.29) is 0 Å². The molecule has 0 bridgehead atoms. The van der Waals surface area contributed by atoms with Crippen LogP contribution in [0.15, 0.2) is 18.2 Å². The van der Waals surface area contributed by atoms with E-state index in [1.54, 1.807) is 0 Å². The third kappa shape index (κ3) is 2.19. The highest BCUT2D eigenvalue weighted by Crippen LogP contribution is 2.32. The molecule has 1 aromatic rings. The maximum Gasteiger partial charge on any atom is 0.0604 e. The van der Waals surface area contributed by atoms with Gasteiger partial charge in [0.1, 0.15) is 0 Å². The van der Waals surface area contributed by atoms with Crippen LogP contribution in [0.5, 0.6) is 0 Å². The molecule has 0 radical (unpaired) electrons. The second-order valence-electron chi connectivity index (χ2n) is 5.66. The summed E-state index contributed by atoms with van der Waals surface area (Å²) in [5.74, 6) is 0. The summed E-state index contributed by atoms with van der Waals surface area (Å²) in [6, 6.07) is 7.66. The van der Waals surface area contributed by atoms with Crippen LogP contribution >= 0.6 is 0 Å². The molecular formula is C15H23N3. The Morgan fingerprint density at radius 2 is 1.94 bits per heavy atom. The van der Waals surface area contributed by atoms with E-state index < -0.39 is 0 Å². The van der Waals surface area contributed by atoms with Gasteiger partial charge in [-0.1, -0.05) is 6.07 Å². The summed E-state index contributed by atoms with van der Waals surface area (Å²) in [5.41, 5.74) is 4.22. The molecule has 0 saturated carbocycles. The Morgan fingerprint density at radius 3 is 2.67 bits per heavy atom. The van der Waals surface area contributed by atoms with E-state index >= 15 is 0 Å². The van der Waals surface area contributed by atoms with Crippen molar-refractivity contribution in [3.63, 3.8) is 0 Å². The maximum absolute atomic E-state index is 3.58. The molecule has 1 atom stereocenters. The zero-order valence-corrected chi connectivity index (χ0v) is 11.4. The van der Waals surface area contributed by atoms with Crippen molar-refractivity contribution in [1.82, 2.24) is 5.32 Å². The van der Waals surface area contributed by atoms with Gasteiger partial charge in [0.05, 0.1) is 11.4 Å². The van der Waals surface area contributed by atoms with Crippen LogP contribution in [-0.4, -0.2) is 39.8 Å². The molecule has 1 N–H and O–H groups in total. The van der Waals surface area contributed by atoms with Crippen molar-refractivity contribution in [3.05, 3.63) is 23.8 Å². The monoisotopic (exact) mass is 245 g/mol. The lowest BCUT2D eigenvalue weighted by molar-refractivity contribution is 0.603. The molecule has 1 saturated heterocycles. The number of anilines is 2. The minimum atomic E-state index is 0.690. The molecular weight excluding hydrogens is 222 g/mol. The first-order valence-corrected chi connectivity index (χ1v) is 7.02. The quantitative estimate of drug-likeness (QED) is 0.858. The first-order valence-electron chi connectivity index (χ1n) is 7.02. The van der Waals surface area contributed by atoms with Crippen LogP contribution in [0.25, 0.3) is 0 Å². The van der Waals surface area contributed by atoms with Gasteiger partial charge in [-0.3, -0.25) is 0 Å². The normalized spacial score (nSPS) is 23.3. The molecule has 2 aliphatic rings. The Bertz CT molecular complexity index is 424. The van der Waals surface area contributed by atoms with Gasteiger partial charge in [0.2, 0.25) is 0 Å². The number of hydrogen-bond acceptors (Lipinski definition) is 3. The number of likely N-dealkylation sites (N-methyl/N-ethyl adjacent to an activating group) is 2. The molecule has 3 heteroatoms. The van der Waals surface area contributed by atoms with Crippen LogP contribution in [0.4, 0.5) is 11.4 Å². The van der Waals surface area contributed by atoms with Gasteiger partial charge in [0.25, 0.3) is 0 Å². The highest BCUT2D eigenvalue weighted by Gasteiger charge is 2.19. The lowest BCUT2D eigenvalue weighted by Crippen LogP contribution is -2.36. The molecule has 0 aliphatic carbocycles. The van der Waals surface area contributed by atoms with Gasteiger partial charge in [0, 0.05) is 33.2 Å². The number of fused-ring (bicyclic) bond motifs is 1. The van der Waals surface area contributed by atoms with Crippen molar-refractivity contribution < 1.29 is 0 Å². The average Bonchev–Trinajstić information content (AvgIpc) is 2.87. The van der Waals surface area contributed by atoms with Crippen LogP contribution in [0.2, 0.25) is 0 Å². The second kappa shape index (κ2) is 4.81. The maximum atomic E-state index is 3.58. The Hall–Kier alpha value is -1.22. The lowest BCUT2D eigenvalue weighted by atomic mass is 10.0. The molecule has 2 heterocycles. The zero-order valence-electron chi connectivity index (χ0n) is 11.4. The van der Waals surface area contributed by atoms with E-state index in [0.717, 1.165) is 13.1 Å². The van der Waals surface area contributed by atoms with E-state index in [1.807, 2.05) is 0 Å². The summed E-state index contributed by atoms with van der Waals surface area (Å²) in [5, 5.41) is 3.58. The molecule has 2 aliphatic heterocycles. The van der Waals surface area contributed by atoms with Crippen LogP contribution < -0.4 is 15.1 Å². The van der Waals surface area contributed by atoms with Crippen molar-refractivity contribution in [3.8, 4) is 0 Å². The SMILES string of the molecule is CN1CCN(C)c2cc(CC3CCCN3)ccc21. The molecule has 98 valence electrons. The second-order valence-corrected chi connectivity index (χ2v) is 5.66. The highest BCUT2D eigenvalue weighted by molar-refractivity contribution is 5.73. The van der Waals surface area contributed by atoms with Gasteiger partial charge in [-0.25, -0.2) is 0 Å². The standard InChI is InChI=1S/C15H23N3/c1-17-8-9-18(2)15-11-12(5-6-14(15)17)10-13-4-3-7-16-13/h5-6,11,13,16H,3-4,7-10H2,1-2H3. The minimum Gasteiger partial charge on any atom is -0.371 e. The fraction of sp³-hybridized carbons (Fsp3) is 0.600. The first kappa shape index (κ1) is 11.8. The Morgan fingerprint density at radius 1 is 1.17 bits per heavy atom. The summed E-state index contributed by atoms with van der Waals surface area (Å²) in [7, 11) is 4.38. The molecule has 1 fully saturated rings. The smallest absolute Gasteiger partial charge is 0.0604 e. The molecule has 0 spiro atoms. The Kier molecular flexibility index (Phi) is 3.16. The molecule has 3 nitrogen and oxygen atoms in total. The van der Waals surface area contributed by atoms with Crippen LogP contribution in [0.3, 0.4) is 0 Å². The topological polar surface area (TPSA) is 18.5 Å². The fourth-order valence-corrected chi connectivity index (χ4v) is 3.08. The minimum absolute atomic E-state index is 0.690. The molecule has 3 rings (SSSR count). The number of nitrogens with one attached hydrogen (secondary N) is 1. The predicted molar refractivity (Wildman–Crippen MR) is 77.7 cm³/mol. The summed E-state index contributed by atoms with van der Waals surface area (Å²) < 4.78 is 0. The van der Waals surface area contributed by atoms with Gasteiger partial charge in [0.15, 0.2) is 0 Å². The van der Waals surface area contributed by atoms with Gasteiger partial charge in [-0.05, 0) is 43.5 Å². The third-order valence-corrected chi connectivity index (χ3v) is 4.28. The number of hydrogen-bond donors (Lipinski definition) is 1. The Balaban J connectivity index is 1.82. The van der Waals surface area contributed by atoms with E-state index in [0.29, 0.717) is 6.04 Å². The molecule has 0 amide bonds. The summed E-state index contributed by atoms with van der Waals surface area (Å²) in [4.78, 5) is 4.73. The lowest BCUT2D eigenvalue weighted by Gasteiger charge is -2.35.